The summed E-state index contributed by atoms with van der Waals surface area (Å²) in [6.45, 7) is 4.01. The first-order valence-corrected chi connectivity index (χ1v) is 12.0. The second-order valence-corrected chi connectivity index (χ2v) is 8.12. The van der Waals surface area contributed by atoms with Gasteiger partial charge in [0.05, 0.1) is 6.61 Å². The van der Waals surface area contributed by atoms with Gasteiger partial charge < -0.3 is 20.9 Å². The SMILES string of the molecule is CCCC(=O)N[C@H](Cc1ccc(-c2ccccc2)cc1)C(=O)O.CCOC(=O)[C@@H](N)c1ccccc1. The number of rotatable bonds is 10. The van der Waals surface area contributed by atoms with E-state index in [1.54, 1.807) is 6.92 Å². The maximum Gasteiger partial charge on any atom is 0.327 e. The minimum Gasteiger partial charge on any atom is -0.480 e. The van der Waals surface area contributed by atoms with Gasteiger partial charge in [0.1, 0.15) is 12.1 Å². The average Bonchev–Trinajstić information content (AvgIpc) is 2.90. The number of benzene rings is 3. The van der Waals surface area contributed by atoms with Crippen LogP contribution in [0.1, 0.15) is 43.9 Å². The summed E-state index contributed by atoms with van der Waals surface area (Å²) in [4.78, 5) is 34.1. The van der Waals surface area contributed by atoms with Crippen molar-refractivity contribution in [2.45, 2.75) is 45.2 Å². The summed E-state index contributed by atoms with van der Waals surface area (Å²) in [6, 6.07) is 25.4. The van der Waals surface area contributed by atoms with Crippen LogP contribution in [0.4, 0.5) is 0 Å². The van der Waals surface area contributed by atoms with Crippen LogP contribution in [0, 0.1) is 0 Å². The number of esters is 1. The standard InChI is InChI=1S/C19H21NO3.C10H13NO2/c1-2-6-18(21)20-17(19(22)23)13-14-9-11-16(12-10-14)15-7-4-3-5-8-15;1-2-13-10(12)9(11)8-6-4-3-5-7-8/h3-5,7-12,17H,2,6,13H2,1H3,(H,20,21)(H,22,23);3-7,9H,2,11H2,1H3/t17-;9-/m10/s1. The number of carboxylic acids is 1. The molecular weight excluding hydrogens is 456 g/mol. The molecule has 0 unspecified atom stereocenters. The van der Waals surface area contributed by atoms with E-state index in [9.17, 15) is 19.5 Å². The highest BCUT2D eigenvalue weighted by Gasteiger charge is 2.20. The fourth-order valence-electron chi connectivity index (χ4n) is 3.42. The Labute approximate surface area is 212 Å². The highest BCUT2D eigenvalue weighted by molar-refractivity contribution is 5.83. The Balaban J connectivity index is 0.000000297. The summed E-state index contributed by atoms with van der Waals surface area (Å²) in [5, 5.41) is 11.8. The van der Waals surface area contributed by atoms with Crippen molar-refractivity contribution in [2.75, 3.05) is 6.61 Å². The van der Waals surface area contributed by atoms with Gasteiger partial charge in [0.2, 0.25) is 5.91 Å². The van der Waals surface area contributed by atoms with E-state index >= 15 is 0 Å². The monoisotopic (exact) mass is 490 g/mol. The Kier molecular flexibility index (Phi) is 11.9. The van der Waals surface area contributed by atoms with Crippen molar-refractivity contribution in [3.63, 3.8) is 0 Å². The molecule has 3 aromatic rings. The molecule has 3 aromatic carbocycles. The van der Waals surface area contributed by atoms with Gasteiger partial charge in [-0.2, -0.15) is 0 Å². The molecule has 0 bridgehead atoms. The normalized spacial score (nSPS) is 11.9. The maximum absolute atomic E-state index is 11.6. The van der Waals surface area contributed by atoms with Crippen molar-refractivity contribution in [1.82, 2.24) is 5.32 Å². The number of aliphatic carboxylic acids is 1. The number of carbonyl (C=O) groups is 3. The molecule has 0 aromatic heterocycles. The quantitative estimate of drug-likeness (QED) is 0.360. The molecule has 3 rings (SSSR count). The molecule has 0 fully saturated rings. The van der Waals surface area contributed by atoms with E-state index in [0.29, 0.717) is 19.4 Å². The topological polar surface area (TPSA) is 119 Å². The molecular formula is C29H34N2O5. The zero-order valence-corrected chi connectivity index (χ0v) is 20.7. The number of carbonyl (C=O) groups excluding carboxylic acids is 2. The Bertz CT molecular complexity index is 1090. The molecule has 0 spiro atoms. The van der Waals surface area contributed by atoms with Gasteiger partial charge >= 0.3 is 11.9 Å². The molecule has 0 saturated heterocycles. The van der Waals surface area contributed by atoms with E-state index in [-0.39, 0.29) is 18.3 Å². The van der Waals surface area contributed by atoms with Crippen LogP contribution in [-0.4, -0.2) is 35.6 Å². The molecule has 7 nitrogen and oxygen atoms in total. The van der Waals surface area contributed by atoms with Crippen LogP contribution >= 0.6 is 0 Å². The zero-order valence-electron chi connectivity index (χ0n) is 20.7. The van der Waals surface area contributed by atoms with Crippen molar-refractivity contribution in [3.05, 3.63) is 96.1 Å². The molecule has 0 aliphatic carbocycles. The first-order valence-electron chi connectivity index (χ1n) is 12.0. The summed E-state index contributed by atoms with van der Waals surface area (Å²) in [7, 11) is 0. The number of hydrogen-bond donors (Lipinski definition) is 3. The lowest BCUT2D eigenvalue weighted by molar-refractivity contribution is -0.145. The van der Waals surface area contributed by atoms with Gasteiger partial charge in [0.25, 0.3) is 0 Å². The van der Waals surface area contributed by atoms with Gasteiger partial charge in [-0.15, -0.1) is 0 Å². The lowest BCUT2D eigenvalue weighted by atomic mass is 10.0. The maximum atomic E-state index is 11.6. The van der Waals surface area contributed by atoms with E-state index in [1.807, 2.05) is 91.9 Å². The third kappa shape index (κ3) is 9.35. The Morgan fingerprint density at radius 2 is 1.42 bits per heavy atom. The highest BCUT2D eigenvalue weighted by atomic mass is 16.5. The van der Waals surface area contributed by atoms with E-state index in [0.717, 1.165) is 22.3 Å². The van der Waals surface area contributed by atoms with E-state index in [2.05, 4.69) is 5.32 Å². The number of hydrogen-bond acceptors (Lipinski definition) is 5. The molecule has 1 amide bonds. The summed E-state index contributed by atoms with van der Waals surface area (Å²) in [5.74, 6) is -1.61. The molecule has 0 saturated carbocycles. The van der Waals surface area contributed by atoms with Crippen LogP contribution in [0.2, 0.25) is 0 Å². The number of carboxylic acid groups (broad SMARTS) is 1. The molecule has 0 heterocycles. The zero-order chi connectivity index (χ0) is 26.3. The van der Waals surface area contributed by atoms with Crippen LogP contribution in [0.15, 0.2) is 84.9 Å². The molecule has 2 atom stereocenters. The smallest absolute Gasteiger partial charge is 0.327 e. The van der Waals surface area contributed by atoms with Crippen LogP contribution < -0.4 is 11.1 Å². The van der Waals surface area contributed by atoms with Gasteiger partial charge in [-0.05, 0) is 35.6 Å². The largest absolute Gasteiger partial charge is 0.480 e. The van der Waals surface area contributed by atoms with Gasteiger partial charge in [-0.3, -0.25) is 4.79 Å². The summed E-state index contributed by atoms with van der Waals surface area (Å²) in [6.07, 6.45) is 1.32. The minimum absolute atomic E-state index is 0.221. The lowest BCUT2D eigenvalue weighted by Crippen LogP contribution is -2.42. The van der Waals surface area contributed by atoms with E-state index < -0.39 is 18.1 Å². The summed E-state index contributed by atoms with van der Waals surface area (Å²) < 4.78 is 4.79. The third-order valence-electron chi connectivity index (χ3n) is 5.31. The highest BCUT2D eigenvalue weighted by Crippen LogP contribution is 2.19. The molecule has 0 aliphatic heterocycles. The van der Waals surface area contributed by atoms with Gasteiger partial charge in [-0.1, -0.05) is 91.9 Å². The molecule has 7 heteroatoms. The number of nitrogens with one attached hydrogen (secondary N) is 1. The minimum atomic E-state index is -1.01. The van der Waals surface area contributed by atoms with Crippen LogP contribution in [0.5, 0.6) is 0 Å². The average molecular weight is 491 g/mol. The van der Waals surface area contributed by atoms with Gasteiger partial charge in [0.15, 0.2) is 0 Å². The molecule has 0 radical (unpaired) electrons. The molecule has 0 aliphatic rings. The Hall–Kier alpha value is -3.97. The number of nitrogens with two attached hydrogens (primary N) is 1. The van der Waals surface area contributed by atoms with E-state index in [1.165, 1.54) is 0 Å². The van der Waals surface area contributed by atoms with Gasteiger partial charge in [0, 0.05) is 12.8 Å². The van der Waals surface area contributed by atoms with Crippen LogP contribution in [-0.2, 0) is 25.5 Å². The second kappa shape index (κ2) is 15.1. The summed E-state index contributed by atoms with van der Waals surface area (Å²) in [5.41, 5.74) is 9.51. The van der Waals surface area contributed by atoms with E-state index in [4.69, 9.17) is 10.5 Å². The first kappa shape index (κ1) is 28.3. The predicted octanol–water partition coefficient (Wildman–Crippen LogP) is 4.52. The van der Waals surface area contributed by atoms with Crippen molar-refractivity contribution in [1.29, 1.82) is 0 Å². The molecule has 4 N–H and O–H groups in total. The molecule has 36 heavy (non-hydrogen) atoms. The molecule has 190 valence electrons. The third-order valence-corrected chi connectivity index (χ3v) is 5.31. The fraction of sp³-hybridized carbons (Fsp3) is 0.276. The number of amides is 1. The Morgan fingerprint density at radius 3 is 1.94 bits per heavy atom. The first-order chi connectivity index (χ1) is 17.3. The van der Waals surface area contributed by atoms with Crippen LogP contribution in [0.3, 0.4) is 0 Å². The van der Waals surface area contributed by atoms with Gasteiger partial charge in [-0.25, -0.2) is 9.59 Å². The lowest BCUT2D eigenvalue weighted by Gasteiger charge is -2.14. The van der Waals surface area contributed by atoms with Crippen molar-refractivity contribution >= 4 is 17.8 Å². The Morgan fingerprint density at radius 1 is 0.861 bits per heavy atom. The van der Waals surface area contributed by atoms with Crippen molar-refractivity contribution in [2.24, 2.45) is 5.73 Å². The second-order valence-electron chi connectivity index (χ2n) is 8.12. The fourth-order valence-corrected chi connectivity index (χ4v) is 3.42. The van der Waals surface area contributed by atoms with Crippen molar-refractivity contribution in [3.8, 4) is 11.1 Å². The number of ether oxygens (including phenoxy) is 1. The predicted molar refractivity (Wildman–Crippen MR) is 140 cm³/mol. The van der Waals surface area contributed by atoms with Crippen LogP contribution in [0.25, 0.3) is 11.1 Å². The summed E-state index contributed by atoms with van der Waals surface area (Å²) >= 11 is 0. The van der Waals surface area contributed by atoms with Crippen molar-refractivity contribution < 1.29 is 24.2 Å².